The van der Waals surface area contributed by atoms with Gasteiger partial charge in [-0.15, -0.1) is 0 Å². The standard InChI is InChI=1S/C19H23N3O4/c1-2-4-17(23)22-9-3-5-16(22)19(26)20-14-6-7-15-13(11-14)8-10-21(15)12-18(24)25/h6-8,10-11,16H,2-5,9,12H2,1H3,(H,20,26)(H,24,25). The molecule has 7 nitrogen and oxygen atoms in total. The Morgan fingerprint density at radius 3 is 2.81 bits per heavy atom. The second-order valence-corrected chi connectivity index (χ2v) is 6.60. The van der Waals surface area contributed by atoms with E-state index in [2.05, 4.69) is 5.32 Å². The molecule has 0 aliphatic carbocycles. The topological polar surface area (TPSA) is 91.6 Å². The number of nitrogens with one attached hydrogen (secondary N) is 1. The van der Waals surface area contributed by atoms with Gasteiger partial charge in [0.15, 0.2) is 0 Å². The highest BCUT2D eigenvalue weighted by atomic mass is 16.4. The third-order valence-electron chi connectivity index (χ3n) is 4.68. The molecule has 26 heavy (non-hydrogen) atoms. The van der Waals surface area contributed by atoms with E-state index in [9.17, 15) is 14.4 Å². The van der Waals surface area contributed by atoms with Gasteiger partial charge < -0.3 is 19.9 Å². The molecule has 0 radical (unpaired) electrons. The van der Waals surface area contributed by atoms with Crippen LogP contribution in [0.15, 0.2) is 30.5 Å². The summed E-state index contributed by atoms with van der Waals surface area (Å²) in [4.78, 5) is 37.4. The summed E-state index contributed by atoms with van der Waals surface area (Å²) >= 11 is 0. The Balaban J connectivity index is 1.73. The fourth-order valence-electron chi connectivity index (χ4n) is 3.48. The molecule has 1 unspecified atom stereocenters. The summed E-state index contributed by atoms with van der Waals surface area (Å²) in [6.07, 6.45) is 4.47. The van der Waals surface area contributed by atoms with Crippen LogP contribution in [0.2, 0.25) is 0 Å². The van der Waals surface area contributed by atoms with Crippen molar-refractivity contribution in [3.8, 4) is 0 Å². The van der Waals surface area contributed by atoms with Gasteiger partial charge in [-0.05, 0) is 43.5 Å². The van der Waals surface area contributed by atoms with E-state index < -0.39 is 12.0 Å². The van der Waals surface area contributed by atoms with Gasteiger partial charge in [0.05, 0.1) is 0 Å². The van der Waals surface area contributed by atoms with Crippen LogP contribution in [0.1, 0.15) is 32.6 Å². The SMILES string of the molecule is CCCC(=O)N1CCCC1C(=O)Nc1ccc2c(ccn2CC(=O)O)c1. The highest BCUT2D eigenvalue weighted by Crippen LogP contribution is 2.23. The lowest BCUT2D eigenvalue weighted by Crippen LogP contribution is -2.43. The summed E-state index contributed by atoms with van der Waals surface area (Å²) in [5.74, 6) is -1.04. The van der Waals surface area contributed by atoms with Crippen LogP contribution in [-0.4, -0.2) is 44.9 Å². The number of hydrogen-bond acceptors (Lipinski definition) is 3. The van der Waals surface area contributed by atoms with Crippen LogP contribution in [0.4, 0.5) is 5.69 Å². The first-order valence-electron chi connectivity index (χ1n) is 8.90. The third kappa shape index (κ3) is 3.71. The van der Waals surface area contributed by atoms with Crippen molar-refractivity contribution in [1.82, 2.24) is 9.47 Å². The minimum Gasteiger partial charge on any atom is -0.480 e. The maximum absolute atomic E-state index is 12.6. The van der Waals surface area contributed by atoms with Crippen molar-refractivity contribution in [1.29, 1.82) is 0 Å². The Morgan fingerprint density at radius 1 is 1.27 bits per heavy atom. The lowest BCUT2D eigenvalue weighted by atomic mass is 10.1. The van der Waals surface area contributed by atoms with Gasteiger partial charge in [0, 0.05) is 35.8 Å². The van der Waals surface area contributed by atoms with E-state index in [1.165, 1.54) is 0 Å². The number of likely N-dealkylation sites (tertiary alicyclic amines) is 1. The maximum Gasteiger partial charge on any atom is 0.323 e. The molecule has 1 fully saturated rings. The quantitative estimate of drug-likeness (QED) is 0.831. The minimum atomic E-state index is -0.905. The highest BCUT2D eigenvalue weighted by Gasteiger charge is 2.33. The molecular formula is C19H23N3O4. The Labute approximate surface area is 151 Å². The number of amides is 2. The molecule has 7 heteroatoms. The zero-order chi connectivity index (χ0) is 18.7. The molecule has 0 spiro atoms. The Morgan fingerprint density at radius 2 is 2.08 bits per heavy atom. The van der Waals surface area contributed by atoms with E-state index in [4.69, 9.17) is 5.11 Å². The molecule has 0 bridgehead atoms. The lowest BCUT2D eigenvalue weighted by molar-refractivity contribution is -0.137. The first kappa shape index (κ1) is 18.0. The van der Waals surface area contributed by atoms with Gasteiger partial charge in [-0.3, -0.25) is 14.4 Å². The van der Waals surface area contributed by atoms with Gasteiger partial charge in [0.2, 0.25) is 11.8 Å². The number of aliphatic carboxylic acids is 1. The van der Waals surface area contributed by atoms with E-state index in [-0.39, 0.29) is 18.4 Å². The Hall–Kier alpha value is -2.83. The van der Waals surface area contributed by atoms with Crippen molar-refractivity contribution >= 4 is 34.4 Å². The van der Waals surface area contributed by atoms with Gasteiger partial charge in [0.1, 0.15) is 12.6 Å². The molecule has 2 heterocycles. The van der Waals surface area contributed by atoms with E-state index in [0.29, 0.717) is 25.1 Å². The molecule has 1 saturated heterocycles. The monoisotopic (exact) mass is 357 g/mol. The predicted octanol–water partition coefficient (Wildman–Crippen LogP) is 2.46. The lowest BCUT2D eigenvalue weighted by Gasteiger charge is -2.24. The van der Waals surface area contributed by atoms with Crippen LogP contribution in [0.3, 0.4) is 0 Å². The van der Waals surface area contributed by atoms with Crippen LogP contribution < -0.4 is 5.32 Å². The first-order chi connectivity index (χ1) is 12.5. The number of carboxylic acids is 1. The summed E-state index contributed by atoms with van der Waals surface area (Å²) in [6, 6.07) is 6.77. The van der Waals surface area contributed by atoms with Crippen molar-refractivity contribution in [3.63, 3.8) is 0 Å². The average Bonchev–Trinajstić information content (AvgIpc) is 3.22. The molecule has 138 valence electrons. The molecule has 2 aromatic rings. The van der Waals surface area contributed by atoms with Gasteiger partial charge in [-0.25, -0.2) is 0 Å². The van der Waals surface area contributed by atoms with Crippen molar-refractivity contribution < 1.29 is 19.5 Å². The maximum atomic E-state index is 12.6. The third-order valence-corrected chi connectivity index (χ3v) is 4.68. The second kappa shape index (κ2) is 7.59. The normalized spacial score (nSPS) is 16.8. The summed E-state index contributed by atoms with van der Waals surface area (Å²) in [6.45, 7) is 2.48. The fourth-order valence-corrected chi connectivity index (χ4v) is 3.48. The van der Waals surface area contributed by atoms with Crippen LogP contribution in [0, 0.1) is 0 Å². The largest absolute Gasteiger partial charge is 0.480 e. The fraction of sp³-hybridized carbons (Fsp3) is 0.421. The van der Waals surface area contributed by atoms with Crippen molar-refractivity contribution in [2.45, 2.75) is 45.2 Å². The number of nitrogens with zero attached hydrogens (tertiary/aromatic N) is 2. The number of aromatic nitrogens is 1. The number of anilines is 1. The number of hydrogen-bond donors (Lipinski definition) is 2. The van der Waals surface area contributed by atoms with Crippen LogP contribution >= 0.6 is 0 Å². The molecule has 2 amide bonds. The molecule has 1 atom stereocenters. The van der Waals surface area contributed by atoms with E-state index >= 15 is 0 Å². The number of benzene rings is 1. The van der Waals surface area contributed by atoms with E-state index in [0.717, 1.165) is 23.7 Å². The van der Waals surface area contributed by atoms with E-state index in [1.807, 2.05) is 19.1 Å². The van der Waals surface area contributed by atoms with Gasteiger partial charge >= 0.3 is 5.97 Å². The molecule has 0 saturated carbocycles. The second-order valence-electron chi connectivity index (χ2n) is 6.60. The number of rotatable bonds is 6. The molecule has 2 N–H and O–H groups in total. The Bertz CT molecular complexity index is 842. The first-order valence-corrected chi connectivity index (χ1v) is 8.90. The van der Waals surface area contributed by atoms with Crippen LogP contribution in [0.25, 0.3) is 10.9 Å². The highest BCUT2D eigenvalue weighted by molar-refractivity contribution is 5.99. The summed E-state index contributed by atoms with van der Waals surface area (Å²) < 4.78 is 1.64. The van der Waals surface area contributed by atoms with Crippen molar-refractivity contribution in [2.24, 2.45) is 0 Å². The zero-order valence-corrected chi connectivity index (χ0v) is 14.8. The van der Waals surface area contributed by atoms with Gasteiger partial charge in [-0.2, -0.15) is 0 Å². The van der Waals surface area contributed by atoms with Crippen LogP contribution in [-0.2, 0) is 20.9 Å². The average molecular weight is 357 g/mol. The van der Waals surface area contributed by atoms with E-state index in [1.54, 1.807) is 27.8 Å². The predicted molar refractivity (Wildman–Crippen MR) is 97.8 cm³/mol. The number of carbonyl (C=O) groups excluding carboxylic acids is 2. The summed E-state index contributed by atoms with van der Waals surface area (Å²) in [7, 11) is 0. The summed E-state index contributed by atoms with van der Waals surface area (Å²) in [5.41, 5.74) is 1.44. The number of carboxylic acid groups (broad SMARTS) is 1. The minimum absolute atomic E-state index is 0.0337. The summed E-state index contributed by atoms with van der Waals surface area (Å²) in [5, 5.41) is 12.7. The molecule has 1 aliphatic rings. The molecule has 1 aliphatic heterocycles. The molecule has 1 aromatic heterocycles. The van der Waals surface area contributed by atoms with Gasteiger partial charge in [-0.1, -0.05) is 6.92 Å². The van der Waals surface area contributed by atoms with Crippen molar-refractivity contribution in [2.75, 3.05) is 11.9 Å². The molecule has 1 aromatic carbocycles. The number of carbonyl (C=O) groups is 3. The van der Waals surface area contributed by atoms with Crippen molar-refractivity contribution in [3.05, 3.63) is 30.5 Å². The molecular weight excluding hydrogens is 334 g/mol. The molecule has 3 rings (SSSR count). The Kier molecular flexibility index (Phi) is 5.25. The zero-order valence-electron chi connectivity index (χ0n) is 14.8. The number of fused-ring (bicyclic) bond motifs is 1. The van der Waals surface area contributed by atoms with Crippen LogP contribution in [0.5, 0.6) is 0 Å². The van der Waals surface area contributed by atoms with Gasteiger partial charge in [0.25, 0.3) is 0 Å². The smallest absolute Gasteiger partial charge is 0.323 e.